The first-order valence-corrected chi connectivity index (χ1v) is 7.82. The van der Waals surface area contributed by atoms with Crippen molar-refractivity contribution in [2.75, 3.05) is 0 Å². The predicted molar refractivity (Wildman–Crippen MR) is 76.0 cm³/mol. The van der Waals surface area contributed by atoms with Crippen LogP contribution >= 0.6 is 11.3 Å². The molecule has 106 valence electrons. The van der Waals surface area contributed by atoms with E-state index >= 15 is 0 Å². The summed E-state index contributed by atoms with van der Waals surface area (Å²) in [6, 6.07) is 0. The molecule has 0 radical (unpaired) electrons. The number of aromatic nitrogens is 1. The summed E-state index contributed by atoms with van der Waals surface area (Å²) in [6.45, 7) is 4.64. The first kappa shape index (κ1) is 14.5. The van der Waals surface area contributed by atoms with Crippen LogP contribution in [0.15, 0.2) is 0 Å². The van der Waals surface area contributed by atoms with Gasteiger partial charge in [-0.15, -0.1) is 11.3 Å². The number of carbonyl (C=O) groups is 1. The van der Waals surface area contributed by atoms with Crippen molar-refractivity contribution in [3.63, 3.8) is 0 Å². The second-order valence-corrected chi connectivity index (χ2v) is 6.48. The lowest BCUT2D eigenvalue weighted by atomic mass is 9.87. The van der Waals surface area contributed by atoms with Crippen LogP contribution in [-0.4, -0.2) is 22.1 Å². The van der Waals surface area contributed by atoms with Gasteiger partial charge in [0.1, 0.15) is 0 Å². The number of amides is 1. The third kappa shape index (κ3) is 3.76. The van der Waals surface area contributed by atoms with Crippen LogP contribution in [0.5, 0.6) is 0 Å². The van der Waals surface area contributed by atoms with Gasteiger partial charge in [0.2, 0.25) is 5.91 Å². The van der Waals surface area contributed by atoms with Gasteiger partial charge in [0.15, 0.2) is 0 Å². The van der Waals surface area contributed by atoms with Gasteiger partial charge in [-0.25, -0.2) is 4.98 Å². The van der Waals surface area contributed by atoms with Gasteiger partial charge in [-0.05, 0) is 32.6 Å². The summed E-state index contributed by atoms with van der Waals surface area (Å²) in [7, 11) is 0. The molecule has 1 aliphatic carbocycles. The fraction of sp³-hybridized carbons (Fsp3) is 0.714. The van der Waals surface area contributed by atoms with Crippen molar-refractivity contribution in [1.82, 2.24) is 10.3 Å². The van der Waals surface area contributed by atoms with E-state index in [0.717, 1.165) is 41.3 Å². The van der Waals surface area contributed by atoms with Crippen LogP contribution in [0.4, 0.5) is 0 Å². The van der Waals surface area contributed by atoms with Crippen molar-refractivity contribution in [1.29, 1.82) is 0 Å². The average Bonchev–Trinajstić information content (AvgIpc) is 2.76. The Labute approximate surface area is 118 Å². The molecule has 0 bridgehead atoms. The first-order valence-electron chi connectivity index (χ1n) is 7.01. The largest absolute Gasteiger partial charge is 0.393 e. The Morgan fingerprint density at radius 1 is 1.53 bits per heavy atom. The number of rotatable bonds is 4. The number of aliphatic hydroxyl groups is 1. The molecule has 1 saturated carbocycles. The molecule has 1 heterocycles. The second-order valence-electron chi connectivity index (χ2n) is 5.19. The lowest BCUT2D eigenvalue weighted by Gasteiger charge is -2.24. The average molecular weight is 282 g/mol. The number of hydrogen-bond acceptors (Lipinski definition) is 4. The molecular weight excluding hydrogens is 260 g/mol. The highest BCUT2D eigenvalue weighted by atomic mass is 32.1. The lowest BCUT2D eigenvalue weighted by Crippen LogP contribution is -2.34. The Bertz CT molecular complexity index is 445. The van der Waals surface area contributed by atoms with Crippen molar-refractivity contribution < 1.29 is 9.90 Å². The molecule has 5 heteroatoms. The summed E-state index contributed by atoms with van der Waals surface area (Å²) < 4.78 is 0. The molecule has 2 N–H and O–H groups in total. The number of thiazole rings is 1. The molecule has 1 aliphatic rings. The van der Waals surface area contributed by atoms with Crippen molar-refractivity contribution in [2.45, 2.75) is 58.6 Å². The van der Waals surface area contributed by atoms with E-state index in [1.807, 2.05) is 6.92 Å². The zero-order chi connectivity index (χ0) is 13.8. The Morgan fingerprint density at radius 3 is 3.00 bits per heavy atom. The SMILES string of the molecule is CCc1nc(C)sc1CNC(=O)[C@H]1CCC[C@H](O)C1. The van der Waals surface area contributed by atoms with Gasteiger partial charge < -0.3 is 10.4 Å². The highest BCUT2D eigenvalue weighted by Gasteiger charge is 2.26. The third-order valence-corrected chi connectivity index (χ3v) is 4.67. The normalized spacial score (nSPS) is 23.3. The van der Waals surface area contributed by atoms with Crippen LogP contribution in [0.3, 0.4) is 0 Å². The van der Waals surface area contributed by atoms with Crippen LogP contribution in [0, 0.1) is 12.8 Å². The standard InChI is InChI=1S/C14H22N2O2S/c1-3-12-13(19-9(2)16-12)8-15-14(18)10-5-4-6-11(17)7-10/h10-11,17H,3-8H2,1-2H3,(H,15,18)/t10-,11-/m0/s1. The molecule has 1 amide bonds. The lowest BCUT2D eigenvalue weighted by molar-refractivity contribution is -0.127. The topological polar surface area (TPSA) is 62.2 Å². The van der Waals surface area contributed by atoms with Gasteiger partial charge in [-0.3, -0.25) is 4.79 Å². The molecule has 0 saturated heterocycles. The quantitative estimate of drug-likeness (QED) is 0.890. The number of hydrogen-bond donors (Lipinski definition) is 2. The molecule has 2 rings (SSSR count). The van der Waals surface area contributed by atoms with Gasteiger partial charge in [-0.2, -0.15) is 0 Å². The molecule has 4 nitrogen and oxygen atoms in total. The summed E-state index contributed by atoms with van der Waals surface area (Å²) in [5.41, 5.74) is 1.09. The van der Waals surface area contributed by atoms with E-state index in [1.54, 1.807) is 11.3 Å². The summed E-state index contributed by atoms with van der Waals surface area (Å²) in [6.07, 6.45) is 3.87. The number of aliphatic hydroxyl groups excluding tert-OH is 1. The van der Waals surface area contributed by atoms with E-state index in [-0.39, 0.29) is 17.9 Å². The fourth-order valence-electron chi connectivity index (χ4n) is 2.64. The highest BCUT2D eigenvalue weighted by Crippen LogP contribution is 2.25. The second kappa shape index (κ2) is 6.48. The number of carbonyl (C=O) groups excluding carboxylic acids is 1. The van der Waals surface area contributed by atoms with E-state index in [1.165, 1.54) is 0 Å². The number of nitrogens with zero attached hydrogens (tertiary/aromatic N) is 1. The smallest absolute Gasteiger partial charge is 0.223 e. The van der Waals surface area contributed by atoms with Crippen LogP contribution in [0.1, 0.15) is 48.2 Å². The third-order valence-electron chi connectivity index (χ3n) is 3.66. The van der Waals surface area contributed by atoms with Gasteiger partial charge in [0.05, 0.1) is 23.4 Å². The zero-order valence-corrected chi connectivity index (χ0v) is 12.4. The highest BCUT2D eigenvalue weighted by molar-refractivity contribution is 7.11. The minimum Gasteiger partial charge on any atom is -0.393 e. The van der Waals surface area contributed by atoms with Gasteiger partial charge in [-0.1, -0.05) is 13.3 Å². The molecule has 19 heavy (non-hydrogen) atoms. The van der Waals surface area contributed by atoms with Crippen LogP contribution in [-0.2, 0) is 17.8 Å². The first-order chi connectivity index (χ1) is 9.10. The van der Waals surface area contributed by atoms with E-state index in [0.29, 0.717) is 13.0 Å². The van der Waals surface area contributed by atoms with Gasteiger partial charge in [0, 0.05) is 10.8 Å². The van der Waals surface area contributed by atoms with E-state index in [9.17, 15) is 9.90 Å². The minimum atomic E-state index is -0.304. The number of aryl methyl sites for hydroxylation is 2. The maximum absolute atomic E-state index is 12.1. The van der Waals surface area contributed by atoms with E-state index in [4.69, 9.17) is 0 Å². The molecule has 0 aromatic carbocycles. The Kier molecular flexibility index (Phi) is 4.93. The van der Waals surface area contributed by atoms with Crippen LogP contribution in [0.2, 0.25) is 0 Å². The van der Waals surface area contributed by atoms with E-state index < -0.39 is 0 Å². The van der Waals surface area contributed by atoms with Crippen molar-refractivity contribution in [3.05, 3.63) is 15.6 Å². The molecule has 0 aliphatic heterocycles. The molecule has 1 fully saturated rings. The molecular formula is C14H22N2O2S. The zero-order valence-electron chi connectivity index (χ0n) is 11.6. The summed E-state index contributed by atoms with van der Waals surface area (Å²) in [5.74, 6) is 0.0506. The maximum Gasteiger partial charge on any atom is 0.223 e. The minimum absolute atomic E-state index is 0.0251. The van der Waals surface area contributed by atoms with Crippen molar-refractivity contribution in [2.24, 2.45) is 5.92 Å². The maximum atomic E-state index is 12.1. The van der Waals surface area contributed by atoms with Crippen LogP contribution < -0.4 is 5.32 Å². The monoisotopic (exact) mass is 282 g/mol. The summed E-state index contributed by atoms with van der Waals surface area (Å²) in [5, 5.41) is 13.7. The van der Waals surface area contributed by atoms with Crippen molar-refractivity contribution in [3.8, 4) is 0 Å². The Hall–Kier alpha value is -0.940. The molecule has 2 atom stereocenters. The molecule has 1 aromatic rings. The van der Waals surface area contributed by atoms with E-state index in [2.05, 4.69) is 17.2 Å². The fourth-order valence-corrected chi connectivity index (χ4v) is 3.61. The number of nitrogens with one attached hydrogen (secondary N) is 1. The summed E-state index contributed by atoms with van der Waals surface area (Å²) >= 11 is 1.65. The van der Waals surface area contributed by atoms with Gasteiger partial charge >= 0.3 is 0 Å². The Morgan fingerprint density at radius 2 is 2.32 bits per heavy atom. The summed E-state index contributed by atoms with van der Waals surface area (Å²) in [4.78, 5) is 17.7. The molecule has 1 aromatic heterocycles. The van der Waals surface area contributed by atoms with Gasteiger partial charge in [0.25, 0.3) is 0 Å². The van der Waals surface area contributed by atoms with Crippen molar-refractivity contribution >= 4 is 17.2 Å². The molecule has 0 spiro atoms. The predicted octanol–water partition coefficient (Wildman–Crippen LogP) is 2.18. The Balaban J connectivity index is 1.89. The van der Waals surface area contributed by atoms with Crippen LogP contribution in [0.25, 0.3) is 0 Å². The molecule has 0 unspecified atom stereocenters.